The minimum Gasteiger partial charge on any atom is -0.310 e. The molecule has 1 heteroatoms. The summed E-state index contributed by atoms with van der Waals surface area (Å²) in [4.78, 5) is 2.50. The van der Waals surface area contributed by atoms with E-state index in [1.807, 2.05) is 0 Å². The van der Waals surface area contributed by atoms with Crippen LogP contribution < -0.4 is 4.90 Å². The first-order valence-corrected chi connectivity index (χ1v) is 24.2. The van der Waals surface area contributed by atoms with Crippen molar-refractivity contribution in [3.8, 4) is 66.8 Å². The normalized spacial score (nSPS) is 15.1. The first kappa shape index (κ1) is 39.2. The van der Waals surface area contributed by atoms with Gasteiger partial charge in [-0.05, 0) is 160 Å². The molecule has 0 saturated heterocycles. The fourth-order valence-corrected chi connectivity index (χ4v) is 13.1. The Morgan fingerprint density at radius 2 is 0.559 bits per heavy atom. The van der Waals surface area contributed by atoms with E-state index < -0.39 is 5.41 Å². The van der Waals surface area contributed by atoms with E-state index in [0.29, 0.717) is 0 Å². The van der Waals surface area contributed by atoms with E-state index in [1.165, 1.54) is 111 Å². The molecule has 0 unspecified atom stereocenters. The number of hydrogen-bond donors (Lipinski definition) is 0. The Balaban J connectivity index is 0.963. The van der Waals surface area contributed by atoms with E-state index in [4.69, 9.17) is 0 Å². The molecule has 1 nitrogen and oxygen atoms in total. The summed E-state index contributed by atoms with van der Waals surface area (Å²) in [5.41, 5.74) is 29.1. The summed E-state index contributed by atoms with van der Waals surface area (Å²) in [5, 5.41) is 0. The molecule has 322 valence electrons. The van der Waals surface area contributed by atoms with Gasteiger partial charge in [-0.15, -0.1) is 0 Å². The van der Waals surface area contributed by atoms with Crippen LogP contribution in [0.15, 0.2) is 224 Å². The zero-order valence-corrected chi connectivity index (χ0v) is 38.8. The van der Waals surface area contributed by atoms with Crippen molar-refractivity contribution < 1.29 is 0 Å². The minimum absolute atomic E-state index is 0.0863. The zero-order chi connectivity index (χ0) is 45.5. The topological polar surface area (TPSA) is 3.24 Å². The van der Waals surface area contributed by atoms with Crippen LogP contribution in [0, 0.1) is 0 Å². The average molecular weight is 868 g/mol. The summed E-state index contributed by atoms with van der Waals surface area (Å²) >= 11 is 0. The predicted octanol–water partition coefficient (Wildman–Crippen LogP) is 17.4. The molecule has 68 heavy (non-hydrogen) atoms. The Morgan fingerprint density at radius 3 is 1.00 bits per heavy atom. The second kappa shape index (κ2) is 14.0. The van der Waals surface area contributed by atoms with E-state index >= 15 is 0 Å². The fraction of sp³-hybridized carbons (Fsp3) is 0.104. The molecule has 0 aromatic heterocycles. The van der Waals surface area contributed by atoms with Gasteiger partial charge in [-0.3, -0.25) is 0 Å². The van der Waals surface area contributed by atoms with Crippen molar-refractivity contribution in [3.05, 3.63) is 269 Å². The summed E-state index contributed by atoms with van der Waals surface area (Å²) in [6.07, 6.45) is 0. The van der Waals surface area contributed by atoms with Gasteiger partial charge in [0.05, 0.1) is 5.41 Å². The summed E-state index contributed by atoms with van der Waals surface area (Å²) in [6, 6.07) is 85.0. The summed E-state index contributed by atoms with van der Waals surface area (Å²) in [6.45, 7) is 9.47. The Morgan fingerprint density at radius 1 is 0.235 bits per heavy atom. The average Bonchev–Trinajstić information content (AvgIpc) is 4.01. The van der Waals surface area contributed by atoms with Gasteiger partial charge < -0.3 is 4.90 Å². The van der Waals surface area contributed by atoms with Gasteiger partial charge >= 0.3 is 0 Å². The van der Waals surface area contributed by atoms with Crippen molar-refractivity contribution in [3.63, 3.8) is 0 Å². The zero-order valence-electron chi connectivity index (χ0n) is 38.8. The van der Waals surface area contributed by atoms with Crippen LogP contribution in [0.3, 0.4) is 0 Å². The minimum atomic E-state index is -0.450. The number of nitrogens with zero attached hydrogens (tertiary/aromatic N) is 1. The molecule has 0 saturated carbocycles. The highest BCUT2D eigenvalue weighted by atomic mass is 15.1. The number of hydrogen-bond acceptors (Lipinski definition) is 1. The van der Waals surface area contributed by atoms with Crippen molar-refractivity contribution in [2.45, 2.75) is 43.9 Å². The molecule has 0 atom stereocenters. The van der Waals surface area contributed by atoms with Crippen molar-refractivity contribution in [1.82, 2.24) is 0 Å². The van der Waals surface area contributed by atoms with Gasteiger partial charge in [0.25, 0.3) is 0 Å². The standard InChI is InChI=1S/C67H49N/c1-65(2)57-26-10-5-21-49(57)54-34-31-44(39-62(54)65)42-17-15-19-46(37-42)68(47-20-16-18-43(38-47)45-32-35-55-50-22-6-11-27-58(50)66(3,4)63(55)40-45)48-33-36-56-53-25-9-14-30-61(53)67(64(56)41-48)59-28-12-7-23-51(59)52-24-8-13-29-60(52)67/h5-41H,1-4H3. The Kier molecular flexibility index (Phi) is 8.08. The molecular weight excluding hydrogens is 819 g/mol. The number of fused-ring (bicyclic) bond motifs is 16. The maximum Gasteiger partial charge on any atom is 0.0726 e. The summed E-state index contributed by atoms with van der Waals surface area (Å²) in [5.74, 6) is 0. The van der Waals surface area contributed by atoms with Gasteiger partial charge in [-0.2, -0.15) is 0 Å². The maximum atomic E-state index is 2.51. The van der Waals surface area contributed by atoms with E-state index in [2.05, 4.69) is 257 Å². The lowest BCUT2D eigenvalue weighted by Crippen LogP contribution is -2.26. The SMILES string of the molecule is CC1(C)c2ccccc2-c2ccc(-c3cccc(N(c4cccc(-c5ccc6c(c5)C(C)(C)c5ccccc5-6)c4)c4ccc5c(c4)C4(c6ccccc6-c6ccccc64)c4ccccc4-5)c3)cc21. The van der Waals surface area contributed by atoms with Crippen LogP contribution in [-0.2, 0) is 16.2 Å². The highest BCUT2D eigenvalue weighted by Crippen LogP contribution is 2.63. The van der Waals surface area contributed by atoms with Gasteiger partial charge in [-0.25, -0.2) is 0 Å². The monoisotopic (exact) mass is 867 g/mol. The molecule has 4 aliphatic carbocycles. The quantitative estimate of drug-likeness (QED) is 0.167. The van der Waals surface area contributed by atoms with Crippen molar-refractivity contribution in [1.29, 1.82) is 0 Å². The van der Waals surface area contributed by atoms with Crippen LogP contribution in [0.4, 0.5) is 17.1 Å². The molecule has 10 aromatic rings. The molecule has 0 amide bonds. The van der Waals surface area contributed by atoms with Crippen LogP contribution in [0.5, 0.6) is 0 Å². The highest BCUT2D eigenvalue weighted by Gasteiger charge is 2.51. The van der Waals surface area contributed by atoms with Gasteiger partial charge in [0, 0.05) is 27.9 Å². The lowest BCUT2D eigenvalue weighted by atomic mass is 9.70. The molecule has 0 N–H and O–H groups in total. The van der Waals surface area contributed by atoms with Gasteiger partial charge in [0.15, 0.2) is 0 Å². The van der Waals surface area contributed by atoms with Crippen molar-refractivity contribution >= 4 is 17.1 Å². The second-order valence-corrected chi connectivity index (χ2v) is 20.4. The molecular formula is C67H49N. The van der Waals surface area contributed by atoms with E-state index in [1.54, 1.807) is 0 Å². The summed E-state index contributed by atoms with van der Waals surface area (Å²) < 4.78 is 0. The Labute approximate surface area is 399 Å². The van der Waals surface area contributed by atoms with Gasteiger partial charge in [0.1, 0.15) is 0 Å². The van der Waals surface area contributed by atoms with Crippen molar-refractivity contribution in [2.24, 2.45) is 0 Å². The Hall–Kier alpha value is -8.00. The van der Waals surface area contributed by atoms with E-state index in [-0.39, 0.29) is 10.8 Å². The number of anilines is 3. The molecule has 14 rings (SSSR count). The van der Waals surface area contributed by atoms with Gasteiger partial charge in [0.2, 0.25) is 0 Å². The maximum absolute atomic E-state index is 2.51. The lowest BCUT2D eigenvalue weighted by molar-refractivity contribution is 0.660. The van der Waals surface area contributed by atoms with Crippen LogP contribution in [0.1, 0.15) is 72.2 Å². The molecule has 0 aliphatic heterocycles. The van der Waals surface area contributed by atoms with E-state index in [0.717, 1.165) is 17.1 Å². The van der Waals surface area contributed by atoms with Crippen molar-refractivity contribution in [2.75, 3.05) is 4.90 Å². The summed E-state index contributed by atoms with van der Waals surface area (Å²) in [7, 11) is 0. The first-order valence-electron chi connectivity index (χ1n) is 24.2. The Bertz CT molecular complexity index is 3550. The molecule has 1 spiro atoms. The predicted molar refractivity (Wildman–Crippen MR) is 283 cm³/mol. The van der Waals surface area contributed by atoms with Crippen LogP contribution in [0.2, 0.25) is 0 Å². The van der Waals surface area contributed by atoms with Crippen LogP contribution in [-0.4, -0.2) is 0 Å². The third-order valence-electron chi connectivity index (χ3n) is 16.3. The highest BCUT2D eigenvalue weighted by molar-refractivity contribution is 5.97. The first-order chi connectivity index (χ1) is 33.2. The molecule has 0 fully saturated rings. The third-order valence-corrected chi connectivity index (χ3v) is 16.3. The van der Waals surface area contributed by atoms with Crippen LogP contribution >= 0.6 is 0 Å². The second-order valence-electron chi connectivity index (χ2n) is 20.4. The smallest absolute Gasteiger partial charge is 0.0726 e. The van der Waals surface area contributed by atoms with E-state index in [9.17, 15) is 0 Å². The molecule has 0 heterocycles. The number of benzene rings is 10. The molecule has 4 aliphatic rings. The van der Waals surface area contributed by atoms with Gasteiger partial charge in [-0.1, -0.05) is 204 Å². The molecule has 0 bridgehead atoms. The molecule has 0 radical (unpaired) electrons. The molecule has 10 aromatic carbocycles. The lowest BCUT2D eigenvalue weighted by Gasteiger charge is -2.32. The fourth-order valence-electron chi connectivity index (χ4n) is 13.1. The van der Waals surface area contributed by atoms with Crippen LogP contribution in [0.25, 0.3) is 66.8 Å². The number of rotatable bonds is 5. The third kappa shape index (κ3) is 5.22. The largest absolute Gasteiger partial charge is 0.310 e.